The smallest absolute Gasteiger partial charge is 0.274 e. The SMILES string of the molecule is NNc1ccc(Cl)c(C(=O)N(CCO)CCO)n1. The maximum absolute atomic E-state index is 12.1. The minimum atomic E-state index is -0.472. The number of aliphatic hydroxyl groups excluding tert-OH is 2. The predicted octanol–water partition coefficient (Wildman–Crippen LogP) is -0.553. The van der Waals surface area contributed by atoms with Gasteiger partial charge in [0.25, 0.3) is 5.91 Å². The van der Waals surface area contributed by atoms with Crippen LogP contribution in [0.5, 0.6) is 0 Å². The summed E-state index contributed by atoms with van der Waals surface area (Å²) in [7, 11) is 0. The Bertz CT molecular complexity index is 410. The van der Waals surface area contributed by atoms with Gasteiger partial charge in [0.1, 0.15) is 11.5 Å². The first kappa shape index (κ1) is 14.7. The van der Waals surface area contributed by atoms with E-state index < -0.39 is 5.91 Å². The van der Waals surface area contributed by atoms with Crippen molar-refractivity contribution in [2.45, 2.75) is 0 Å². The van der Waals surface area contributed by atoms with E-state index in [9.17, 15) is 4.79 Å². The molecule has 0 aliphatic heterocycles. The minimum Gasteiger partial charge on any atom is -0.395 e. The lowest BCUT2D eigenvalue weighted by Crippen LogP contribution is -2.36. The molecule has 7 nitrogen and oxygen atoms in total. The van der Waals surface area contributed by atoms with Crippen LogP contribution in [0.3, 0.4) is 0 Å². The minimum absolute atomic E-state index is 0.0222. The van der Waals surface area contributed by atoms with Gasteiger partial charge in [0.15, 0.2) is 0 Å². The zero-order valence-electron chi connectivity index (χ0n) is 9.64. The first-order valence-electron chi connectivity index (χ1n) is 5.28. The van der Waals surface area contributed by atoms with Crippen LogP contribution >= 0.6 is 11.6 Å². The zero-order chi connectivity index (χ0) is 13.5. The Morgan fingerprint density at radius 1 is 1.39 bits per heavy atom. The molecule has 0 bridgehead atoms. The molecule has 0 aliphatic carbocycles. The highest BCUT2D eigenvalue weighted by molar-refractivity contribution is 6.33. The number of pyridine rings is 1. The molecule has 0 radical (unpaired) electrons. The number of nitrogen functional groups attached to an aromatic ring is 1. The molecule has 0 spiro atoms. The average Bonchev–Trinajstić information content (AvgIpc) is 2.38. The van der Waals surface area contributed by atoms with E-state index in [-0.39, 0.29) is 37.0 Å². The molecule has 18 heavy (non-hydrogen) atoms. The second kappa shape index (κ2) is 7.12. The fourth-order valence-corrected chi connectivity index (χ4v) is 1.56. The van der Waals surface area contributed by atoms with E-state index >= 15 is 0 Å². The van der Waals surface area contributed by atoms with E-state index in [0.29, 0.717) is 5.82 Å². The van der Waals surface area contributed by atoms with Crippen LogP contribution in [0.15, 0.2) is 12.1 Å². The number of nitrogens with zero attached hydrogens (tertiary/aromatic N) is 2. The maximum Gasteiger partial charge on any atom is 0.274 e. The molecule has 1 rings (SSSR count). The van der Waals surface area contributed by atoms with E-state index in [4.69, 9.17) is 27.7 Å². The quantitative estimate of drug-likeness (QED) is 0.409. The molecule has 0 fully saturated rings. The molecule has 1 aromatic heterocycles. The van der Waals surface area contributed by atoms with Crippen LogP contribution in [0.2, 0.25) is 5.02 Å². The number of nitrogens with two attached hydrogens (primary N) is 1. The first-order chi connectivity index (χ1) is 8.63. The Balaban J connectivity index is 2.99. The van der Waals surface area contributed by atoms with Gasteiger partial charge in [-0.1, -0.05) is 11.6 Å². The molecular weight excluding hydrogens is 260 g/mol. The first-order valence-corrected chi connectivity index (χ1v) is 5.66. The lowest BCUT2D eigenvalue weighted by molar-refractivity contribution is 0.0679. The summed E-state index contributed by atoms with van der Waals surface area (Å²) in [5, 5.41) is 17.9. The summed E-state index contributed by atoms with van der Waals surface area (Å²) in [5.41, 5.74) is 2.34. The molecule has 5 N–H and O–H groups in total. The van der Waals surface area contributed by atoms with E-state index in [0.717, 1.165) is 0 Å². The Morgan fingerprint density at radius 3 is 2.50 bits per heavy atom. The summed E-state index contributed by atoms with van der Waals surface area (Å²) in [6.45, 7) is -0.230. The van der Waals surface area contributed by atoms with E-state index in [2.05, 4.69) is 10.4 Å². The summed E-state index contributed by atoms with van der Waals surface area (Å²) >= 11 is 5.89. The van der Waals surface area contributed by atoms with Gasteiger partial charge in [0, 0.05) is 13.1 Å². The number of hydrazine groups is 1. The molecule has 0 unspecified atom stereocenters. The van der Waals surface area contributed by atoms with Crippen molar-refractivity contribution in [3.63, 3.8) is 0 Å². The fraction of sp³-hybridized carbons (Fsp3) is 0.400. The van der Waals surface area contributed by atoms with Crippen molar-refractivity contribution >= 4 is 23.3 Å². The maximum atomic E-state index is 12.1. The van der Waals surface area contributed by atoms with E-state index in [1.807, 2.05) is 0 Å². The predicted molar refractivity (Wildman–Crippen MR) is 67.1 cm³/mol. The van der Waals surface area contributed by atoms with Gasteiger partial charge in [-0.3, -0.25) is 4.79 Å². The van der Waals surface area contributed by atoms with E-state index in [1.54, 1.807) is 0 Å². The van der Waals surface area contributed by atoms with Crippen molar-refractivity contribution in [2.75, 3.05) is 31.7 Å². The Morgan fingerprint density at radius 2 is 2.00 bits per heavy atom. The van der Waals surface area contributed by atoms with Gasteiger partial charge in [-0.2, -0.15) is 0 Å². The lowest BCUT2D eigenvalue weighted by atomic mass is 10.3. The van der Waals surface area contributed by atoms with Gasteiger partial charge in [0.2, 0.25) is 0 Å². The highest BCUT2D eigenvalue weighted by Crippen LogP contribution is 2.18. The normalized spacial score (nSPS) is 10.2. The molecule has 0 saturated heterocycles. The summed E-state index contributed by atoms with van der Waals surface area (Å²) in [4.78, 5) is 17.3. The van der Waals surface area contributed by atoms with Gasteiger partial charge in [-0.15, -0.1) is 0 Å². The third kappa shape index (κ3) is 3.54. The topological polar surface area (TPSA) is 112 Å². The van der Waals surface area contributed by atoms with E-state index in [1.165, 1.54) is 17.0 Å². The standard InChI is InChI=1S/C10H15ClN4O3/c11-7-1-2-8(14-12)13-9(7)10(18)15(3-5-16)4-6-17/h1-2,16-17H,3-6,12H2,(H,13,14). The van der Waals surface area contributed by atoms with Gasteiger partial charge in [-0.25, -0.2) is 10.8 Å². The number of rotatable bonds is 6. The Hall–Kier alpha value is -1.41. The molecular formula is C10H15ClN4O3. The Kier molecular flexibility index (Phi) is 5.79. The van der Waals surface area contributed by atoms with Gasteiger partial charge in [-0.05, 0) is 12.1 Å². The largest absolute Gasteiger partial charge is 0.395 e. The number of amides is 1. The van der Waals surface area contributed by atoms with Crippen molar-refractivity contribution in [1.29, 1.82) is 0 Å². The molecule has 0 saturated carbocycles. The number of hydrogen-bond acceptors (Lipinski definition) is 6. The third-order valence-electron chi connectivity index (χ3n) is 2.22. The number of nitrogens with one attached hydrogen (secondary N) is 1. The average molecular weight is 275 g/mol. The molecule has 0 atom stereocenters. The van der Waals surface area contributed by atoms with Crippen LogP contribution in [0.25, 0.3) is 0 Å². The monoisotopic (exact) mass is 274 g/mol. The molecule has 0 aliphatic rings. The second-order valence-electron chi connectivity index (χ2n) is 3.41. The summed E-state index contributed by atoms with van der Waals surface area (Å²) in [5.74, 6) is 5.03. The van der Waals surface area contributed by atoms with Crippen LogP contribution in [-0.4, -0.2) is 52.3 Å². The van der Waals surface area contributed by atoms with Crippen molar-refractivity contribution in [2.24, 2.45) is 5.84 Å². The second-order valence-corrected chi connectivity index (χ2v) is 3.82. The fourth-order valence-electron chi connectivity index (χ4n) is 1.38. The van der Waals surface area contributed by atoms with Gasteiger partial charge >= 0.3 is 0 Å². The summed E-state index contributed by atoms with van der Waals surface area (Å²) < 4.78 is 0. The molecule has 1 heterocycles. The molecule has 100 valence electrons. The number of hydrogen-bond donors (Lipinski definition) is 4. The highest BCUT2D eigenvalue weighted by Gasteiger charge is 2.19. The van der Waals surface area contributed by atoms with Crippen LogP contribution in [0.4, 0.5) is 5.82 Å². The van der Waals surface area contributed by atoms with Crippen LogP contribution in [0, 0.1) is 0 Å². The van der Waals surface area contributed by atoms with Crippen LogP contribution < -0.4 is 11.3 Å². The summed E-state index contributed by atoms with van der Waals surface area (Å²) in [6.07, 6.45) is 0. The van der Waals surface area contributed by atoms with Crippen LogP contribution in [0.1, 0.15) is 10.5 Å². The van der Waals surface area contributed by atoms with Gasteiger partial charge in [0.05, 0.1) is 18.2 Å². The highest BCUT2D eigenvalue weighted by atomic mass is 35.5. The molecule has 8 heteroatoms. The number of aromatic nitrogens is 1. The van der Waals surface area contributed by atoms with Crippen molar-refractivity contribution in [3.8, 4) is 0 Å². The van der Waals surface area contributed by atoms with Crippen molar-refractivity contribution in [3.05, 3.63) is 22.8 Å². The number of anilines is 1. The molecule has 0 aromatic carbocycles. The Labute approximate surface area is 109 Å². The zero-order valence-corrected chi connectivity index (χ0v) is 10.4. The third-order valence-corrected chi connectivity index (χ3v) is 2.53. The summed E-state index contributed by atoms with van der Waals surface area (Å²) in [6, 6.07) is 3.02. The van der Waals surface area contributed by atoms with Crippen molar-refractivity contribution < 1.29 is 15.0 Å². The molecule has 1 aromatic rings. The number of aliphatic hydroxyl groups is 2. The number of carbonyl (C=O) groups excluding carboxylic acids is 1. The lowest BCUT2D eigenvalue weighted by Gasteiger charge is -2.20. The van der Waals surface area contributed by atoms with Gasteiger partial charge < -0.3 is 20.5 Å². The van der Waals surface area contributed by atoms with Crippen LogP contribution in [-0.2, 0) is 0 Å². The number of halogens is 1. The number of carbonyl (C=O) groups is 1. The van der Waals surface area contributed by atoms with Crippen molar-refractivity contribution in [1.82, 2.24) is 9.88 Å². The molecule has 1 amide bonds.